The van der Waals surface area contributed by atoms with E-state index >= 15 is 0 Å². The molecule has 2 heteroatoms. The van der Waals surface area contributed by atoms with Gasteiger partial charge in [-0.05, 0) is 54.5 Å². The molecule has 0 saturated heterocycles. The fourth-order valence-electron chi connectivity index (χ4n) is 2.92. The average Bonchev–Trinajstić information content (AvgIpc) is 2.77. The molecule has 1 aromatic rings. The molecule has 0 aromatic carbocycles. The van der Waals surface area contributed by atoms with E-state index in [9.17, 15) is 0 Å². The first kappa shape index (κ1) is 7.86. The van der Waals surface area contributed by atoms with Crippen LogP contribution >= 0.6 is 11.8 Å². The van der Waals surface area contributed by atoms with Crippen molar-refractivity contribution >= 4 is 11.8 Å². The van der Waals surface area contributed by atoms with E-state index in [4.69, 9.17) is 0 Å². The number of fused-ring (bicyclic) bond motifs is 5. The van der Waals surface area contributed by atoms with Gasteiger partial charge in [-0.2, -0.15) is 0 Å². The lowest BCUT2D eigenvalue weighted by atomic mass is 9.94. The van der Waals surface area contributed by atoms with Crippen LogP contribution in [-0.4, -0.2) is 11.2 Å². The highest BCUT2D eigenvalue weighted by Crippen LogP contribution is 2.54. The second-order valence-electron chi connectivity index (χ2n) is 4.03. The van der Waals surface area contributed by atoms with Crippen molar-refractivity contribution < 1.29 is 0 Å². The van der Waals surface area contributed by atoms with Crippen LogP contribution in [0.15, 0.2) is 17.3 Å². The molecule has 68 valence electrons. The molecule has 1 fully saturated rings. The van der Waals surface area contributed by atoms with Crippen molar-refractivity contribution in [2.24, 2.45) is 0 Å². The zero-order valence-electron chi connectivity index (χ0n) is 7.79. The van der Waals surface area contributed by atoms with Crippen molar-refractivity contribution in [3.05, 3.63) is 23.4 Å². The summed E-state index contributed by atoms with van der Waals surface area (Å²) < 4.78 is 0. The number of rotatable bonds is 1. The molecule has 3 rings (SSSR count). The van der Waals surface area contributed by atoms with Gasteiger partial charge in [0.2, 0.25) is 0 Å². The minimum Gasteiger partial charge on any atom is -0.250 e. The third-order valence-corrected chi connectivity index (χ3v) is 4.17. The highest BCUT2D eigenvalue weighted by Gasteiger charge is 2.38. The van der Waals surface area contributed by atoms with E-state index in [2.05, 4.69) is 17.3 Å². The predicted octanol–water partition coefficient (Wildman–Crippen LogP) is 3.17. The van der Waals surface area contributed by atoms with Crippen LogP contribution in [0.1, 0.15) is 42.2 Å². The van der Waals surface area contributed by atoms with Crippen LogP contribution in [-0.2, 0) is 0 Å². The molecule has 0 aliphatic heterocycles. The monoisotopic (exact) mass is 191 g/mol. The third kappa shape index (κ3) is 0.983. The topological polar surface area (TPSA) is 12.9 Å². The van der Waals surface area contributed by atoms with Crippen LogP contribution < -0.4 is 0 Å². The summed E-state index contributed by atoms with van der Waals surface area (Å²) in [5.74, 6) is 1.71. The Morgan fingerprint density at radius 1 is 1.38 bits per heavy atom. The van der Waals surface area contributed by atoms with Crippen molar-refractivity contribution in [3.63, 3.8) is 0 Å². The van der Waals surface area contributed by atoms with Crippen molar-refractivity contribution in [2.75, 3.05) is 6.26 Å². The van der Waals surface area contributed by atoms with Crippen LogP contribution in [0.2, 0.25) is 0 Å². The van der Waals surface area contributed by atoms with Crippen LogP contribution in [0.4, 0.5) is 0 Å². The van der Waals surface area contributed by atoms with Crippen molar-refractivity contribution in [1.82, 2.24) is 4.98 Å². The number of hydrogen-bond acceptors (Lipinski definition) is 2. The molecule has 0 N–H and O–H groups in total. The maximum Gasteiger partial charge on any atom is 0.0994 e. The van der Waals surface area contributed by atoms with Crippen LogP contribution in [0.5, 0.6) is 0 Å². The minimum absolute atomic E-state index is 0.844. The predicted molar refractivity (Wildman–Crippen MR) is 55.4 cm³/mol. The molecule has 0 unspecified atom stereocenters. The van der Waals surface area contributed by atoms with Gasteiger partial charge in [0.15, 0.2) is 0 Å². The first-order valence-electron chi connectivity index (χ1n) is 4.93. The van der Waals surface area contributed by atoms with Gasteiger partial charge in [-0.3, -0.25) is 0 Å². The summed E-state index contributed by atoms with van der Waals surface area (Å²) in [5, 5.41) is 1.28. The standard InChI is InChI=1S/C11H13NS/c1-13-11-10-8-3-2-7(6-8)9(10)4-5-12-11/h4-5,7-8H,2-3,6H2,1H3/t7-,8-/m0/s1. The molecular weight excluding hydrogens is 178 g/mol. The lowest BCUT2D eigenvalue weighted by molar-refractivity contribution is 0.696. The number of hydrogen-bond donors (Lipinski definition) is 0. The molecule has 1 nitrogen and oxygen atoms in total. The normalized spacial score (nSPS) is 29.3. The smallest absolute Gasteiger partial charge is 0.0994 e. The maximum atomic E-state index is 4.45. The fourth-order valence-corrected chi connectivity index (χ4v) is 3.59. The van der Waals surface area contributed by atoms with Gasteiger partial charge in [-0.25, -0.2) is 4.98 Å². The summed E-state index contributed by atoms with van der Waals surface area (Å²) in [7, 11) is 0. The third-order valence-electron chi connectivity index (χ3n) is 3.46. The van der Waals surface area contributed by atoms with Crippen molar-refractivity contribution in [3.8, 4) is 0 Å². The summed E-state index contributed by atoms with van der Waals surface area (Å²) in [6.45, 7) is 0. The van der Waals surface area contributed by atoms with Gasteiger partial charge in [-0.15, -0.1) is 11.8 Å². The van der Waals surface area contributed by atoms with E-state index in [1.54, 1.807) is 22.9 Å². The molecule has 0 spiro atoms. The number of aromatic nitrogens is 1. The Hall–Kier alpha value is -0.500. The highest BCUT2D eigenvalue weighted by molar-refractivity contribution is 7.98. The Labute approximate surface area is 83.0 Å². The van der Waals surface area contributed by atoms with Crippen LogP contribution in [0.3, 0.4) is 0 Å². The first-order chi connectivity index (χ1) is 6.40. The molecule has 2 atom stereocenters. The summed E-state index contributed by atoms with van der Waals surface area (Å²) in [5.41, 5.74) is 3.20. The second-order valence-corrected chi connectivity index (χ2v) is 4.82. The Morgan fingerprint density at radius 2 is 2.23 bits per heavy atom. The lowest BCUT2D eigenvalue weighted by Gasteiger charge is -2.16. The van der Waals surface area contributed by atoms with E-state index in [-0.39, 0.29) is 0 Å². The average molecular weight is 191 g/mol. The molecule has 1 aromatic heterocycles. The Bertz CT molecular complexity index is 348. The van der Waals surface area contributed by atoms with Gasteiger partial charge in [0.05, 0.1) is 5.03 Å². The van der Waals surface area contributed by atoms with Crippen molar-refractivity contribution in [1.29, 1.82) is 0 Å². The second kappa shape index (κ2) is 2.74. The van der Waals surface area contributed by atoms with Crippen LogP contribution in [0, 0.1) is 0 Å². The molecule has 1 saturated carbocycles. The highest BCUT2D eigenvalue weighted by atomic mass is 32.2. The van der Waals surface area contributed by atoms with Gasteiger partial charge in [-0.1, -0.05) is 0 Å². The van der Waals surface area contributed by atoms with E-state index in [0.29, 0.717) is 0 Å². The molecule has 2 aliphatic carbocycles. The molecule has 1 heterocycles. The molecular formula is C11H13NS. The SMILES string of the molecule is CSc1nccc2c1[C@H]1CC[C@H]2C1. The van der Waals surface area contributed by atoms with Gasteiger partial charge in [0.1, 0.15) is 0 Å². The van der Waals surface area contributed by atoms with E-state index in [0.717, 1.165) is 11.8 Å². The summed E-state index contributed by atoms with van der Waals surface area (Å²) in [6, 6.07) is 2.24. The van der Waals surface area contributed by atoms with Gasteiger partial charge in [0.25, 0.3) is 0 Å². The molecule has 0 radical (unpaired) electrons. The van der Waals surface area contributed by atoms with Gasteiger partial charge in [0, 0.05) is 6.20 Å². The largest absolute Gasteiger partial charge is 0.250 e. The Balaban J connectivity index is 2.20. The quantitative estimate of drug-likeness (QED) is 0.632. The van der Waals surface area contributed by atoms with E-state index in [1.165, 1.54) is 24.3 Å². The number of thioether (sulfide) groups is 1. The Kier molecular flexibility index (Phi) is 1.66. The summed E-state index contributed by atoms with van der Waals surface area (Å²) in [4.78, 5) is 4.45. The summed E-state index contributed by atoms with van der Waals surface area (Å²) >= 11 is 1.80. The summed E-state index contributed by atoms with van der Waals surface area (Å²) in [6.07, 6.45) is 8.32. The van der Waals surface area contributed by atoms with E-state index < -0.39 is 0 Å². The molecule has 0 amide bonds. The Morgan fingerprint density at radius 3 is 3.08 bits per heavy atom. The molecule has 2 bridgehead atoms. The van der Waals surface area contributed by atoms with Crippen LogP contribution in [0.25, 0.3) is 0 Å². The molecule has 2 aliphatic rings. The zero-order valence-corrected chi connectivity index (χ0v) is 8.60. The minimum atomic E-state index is 0.844. The zero-order chi connectivity index (χ0) is 8.84. The fraction of sp³-hybridized carbons (Fsp3) is 0.545. The van der Waals surface area contributed by atoms with Crippen molar-refractivity contribution in [2.45, 2.75) is 36.1 Å². The number of pyridine rings is 1. The number of nitrogens with zero attached hydrogens (tertiary/aromatic N) is 1. The lowest BCUT2D eigenvalue weighted by Crippen LogP contribution is -2.00. The first-order valence-corrected chi connectivity index (χ1v) is 6.15. The van der Waals surface area contributed by atoms with Gasteiger partial charge < -0.3 is 0 Å². The van der Waals surface area contributed by atoms with E-state index in [1.807, 2.05) is 6.20 Å². The maximum absolute atomic E-state index is 4.45. The van der Waals surface area contributed by atoms with Gasteiger partial charge >= 0.3 is 0 Å². The molecule has 13 heavy (non-hydrogen) atoms.